The van der Waals surface area contributed by atoms with Crippen molar-refractivity contribution in [3.05, 3.63) is 11.8 Å². The fraction of sp³-hybridized carbons (Fsp3) is 0.667. The predicted molar refractivity (Wildman–Crippen MR) is 68.1 cm³/mol. The summed E-state index contributed by atoms with van der Waals surface area (Å²) in [5.41, 5.74) is 6.02. The molecule has 2 aliphatic heterocycles. The summed E-state index contributed by atoms with van der Waals surface area (Å²) < 4.78 is 0. The number of hydrogen-bond donors (Lipinski definition) is 2. The van der Waals surface area contributed by atoms with Gasteiger partial charge in [-0.15, -0.1) is 0 Å². The molecular weight excluding hydrogens is 230 g/mol. The van der Waals surface area contributed by atoms with Gasteiger partial charge in [0, 0.05) is 25.2 Å². The summed E-state index contributed by atoms with van der Waals surface area (Å²) in [6.45, 7) is 4.03. The Kier molecular flexibility index (Phi) is 2.95. The Morgan fingerprint density at radius 3 is 2.83 bits per heavy atom. The Morgan fingerprint density at radius 2 is 2.17 bits per heavy atom. The molecule has 1 atom stereocenters. The fourth-order valence-electron chi connectivity index (χ4n) is 2.95. The molecule has 6 nitrogen and oxygen atoms in total. The molecule has 0 aliphatic carbocycles. The Hall–Kier alpha value is -1.56. The van der Waals surface area contributed by atoms with E-state index >= 15 is 0 Å². The molecule has 1 unspecified atom stereocenters. The Balaban J connectivity index is 1.63. The molecule has 0 radical (unpaired) electrons. The van der Waals surface area contributed by atoms with Gasteiger partial charge in [-0.3, -0.25) is 14.8 Å². The van der Waals surface area contributed by atoms with Crippen LogP contribution in [0, 0.1) is 0 Å². The molecule has 6 heteroatoms. The van der Waals surface area contributed by atoms with Gasteiger partial charge >= 0.3 is 0 Å². The first-order valence-electron chi connectivity index (χ1n) is 6.58. The minimum Gasteiger partial charge on any atom is -0.382 e. The summed E-state index contributed by atoms with van der Waals surface area (Å²) in [5, 5.41) is 6.49. The minimum absolute atomic E-state index is 0.0147. The van der Waals surface area contributed by atoms with Crippen LogP contribution in [-0.2, 0) is 0 Å². The van der Waals surface area contributed by atoms with E-state index in [4.69, 9.17) is 5.73 Å². The summed E-state index contributed by atoms with van der Waals surface area (Å²) in [4.78, 5) is 16.6. The molecule has 18 heavy (non-hydrogen) atoms. The normalized spacial score (nSPS) is 24.9. The van der Waals surface area contributed by atoms with Gasteiger partial charge in [0.15, 0.2) is 0 Å². The molecule has 2 saturated heterocycles. The van der Waals surface area contributed by atoms with Gasteiger partial charge < -0.3 is 10.6 Å². The van der Waals surface area contributed by atoms with Crippen molar-refractivity contribution < 1.29 is 4.79 Å². The van der Waals surface area contributed by atoms with Crippen LogP contribution in [-0.4, -0.2) is 58.1 Å². The highest BCUT2D eigenvalue weighted by atomic mass is 16.2. The van der Waals surface area contributed by atoms with Crippen molar-refractivity contribution in [1.29, 1.82) is 0 Å². The lowest BCUT2D eigenvalue weighted by Crippen LogP contribution is -2.37. The number of aromatic amines is 1. The number of amides is 1. The van der Waals surface area contributed by atoms with E-state index in [2.05, 4.69) is 15.1 Å². The molecule has 1 aromatic rings. The lowest BCUT2D eigenvalue weighted by atomic mass is 10.2. The number of likely N-dealkylation sites (tertiary alicyclic amines) is 2. The van der Waals surface area contributed by atoms with E-state index in [-0.39, 0.29) is 5.91 Å². The first kappa shape index (κ1) is 11.5. The SMILES string of the molecule is Nc1cc(C(=O)N2CCC(N3CCCC3)C2)[nH]n1. The topological polar surface area (TPSA) is 78.3 Å². The van der Waals surface area contributed by atoms with Gasteiger partial charge in [-0.25, -0.2) is 0 Å². The number of carbonyl (C=O) groups is 1. The third-order valence-electron chi connectivity index (χ3n) is 3.94. The Morgan fingerprint density at radius 1 is 1.39 bits per heavy atom. The molecule has 1 amide bonds. The number of nitrogens with two attached hydrogens (primary N) is 1. The maximum Gasteiger partial charge on any atom is 0.271 e. The van der Waals surface area contributed by atoms with Crippen LogP contribution in [0.1, 0.15) is 29.8 Å². The summed E-state index contributed by atoms with van der Waals surface area (Å²) >= 11 is 0. The van der Waals surface area contributed by atoms with E-state index in [0.29, 0.717) is 17.6 Å². The Bertz CT molecular complexity index is 437. The molecule has 3 N–H and O–H groups in total. The van der Waals surface area contributed by atoms with Crippen molar-refractivity contribution in [2.45, 2.75) is 25.3 Å². The van der Waals surface area contributed by atoms with Crippen LogP contribution in [0.4, 0.5) is 5.82 Å². The highest BCUT2D eigenvalue weighted by molar-refractivity contribution is 5.93. The van der Waals surface area contributed by atoms with Crippen molar-refractivity contribution in [3.63, 3.8) is 0 Å². The largest absolute Gasteiger partial charge is 0.382 e. The number of H-pyrrole nitrogens is 1. The van der Waals surface area contributed by atoms with E-state index in [1.165, 1.54) is 25.9 Å². The van der Waals surface area contributed by atoms with E-state index in [0.717, 1.165) is 19.5 Å². The average Bonchev–Trinajstić information content (AvgIpc) is 3.09. The van der Waals surface area contributed by atoms with Crippen LogP contribution >= 0.6 is 0 Å². The van der Waals surface area contributed by atoms with Crippen LogP contribution in [0.2, 0.25) is 0 Å². The molecule has 2 fully saturated rings. The van der Waals surface area contributed by atoms with Crippen LogP contribution < -0.4 is 5.73 Å². The summed E-state index contributed by atoms with van der Waals surface area (Å²) in [7, 11) is 0. The smallest absolute Gasteiger partial charge is 0.271 e. The monoisotopic (exact) mass is 249 g/mol. The number of hydrogen-bond acceptors (Lipinski definition) is 4. The van der Waals surface area contributed by atoms with Crippen LogP contribution in [0.3, 0.4) is 0 Å². The second kappa shape index (κ2) is 4.61. The molecule has 98 valence electrons. The highest BCUT2D eigenvalue weighted by Gasteiger charge is 2.32. The molecule has 1 aromatic heterocycles. The quantitative estimate of drug-likeness (QED) is 0.790. The molecule has 3 heterocycles. The van der Waals surface area contributed by atoms with E-state index in [1.807, 2.05) is 4.90 Å². The zero-order chi connectivity index (χ0) is 12.5. The van der Waals surface area contributed by atoms with Crippen molar-refractivity contribution in [1.82, 2.24) is 20.0 Å². The zero-order valence-corrected chi connectivity index (χ0v) is 10.4. The first-order valence-corrected chi connectivity index (χ1v) is 6.58. The first-order chi connectivity index (χ1) is 8.74. The lowest BCUT2D eigenvalue weighted by molar-refractivity contribution is 0.0774. The second-order valence-electron chi connectivity index (χ2n) is 5.14. The lowest BCUT2D eigenvalue weighted by Gasteiger charge is -2.23. The van der Waals surface area contributed by atoms with Gasteiger partial charge in [0.25, 0.3) is 5.91 Å². The third kappa shape index (κ3) is 2.08. The summed E-state index contributed by atoms with van der Waals surface area (Å²) in [6, 6.07) is 2.14. The van der Waals surface area contributed by atoms with E-state index < -0.39 is 0 Å². The van der Waals surface area contributed by atoms with E-state index in [9.17, 15) is 4.79 Å². The number of nitrogens with zero attached hydrogens (tertiary/aromatic N) is 3. The molecule has 0 saturated carbocycles. The average molecular weight is 249 g/mol. The molecule has 0 aromatic carbocycles. The standard InChI is InChI=1S/C12H19N5O/c13-11-7-10(14-15-11)12(18)17-6-3-9(8-17)16-4-1-2-5-16/h7,9H,1-6,8H2,(H3,13,14,15). The van der Waals surface area contributed by atoms with Crippen LogP contribution in [0.5, 0.6) is 0 Å². The van der Waals surface area contributed by atoms with Crippen molar-refractivity contribution in [2.24, 2.45) is 0 Å². The molecule has 3 rings (SSSR count). The van der Waals surface area contributed by atoms with E-state index in [1.54, 1.807) is 6.07 Å². The van der Waals surface area contributed by atoms with Gasteiger partial charge in [-0.2, -0.15) is 5.10 Å². The number of aromatic nitrogens is 2. The minimum atomic E-state index is 0.0147. The third-order valence-corrected chi connectivity index (χ3v) is 3.94. The van der Waals surface area contributed by atoms with Crippen LogP contribution in [0.25, 0.3) is 0 Å². The van der Waals surface area contributed by atoms with Crippen molar-refractivity contribution in [2.75, 3.05) is 31.9 Å². The maximum atomic E-state index is 12.2. The van der Waals surface area contributed by atoms with Gasteiger partial charge in [0.1, 0.15) is 11.5 Å². The number of nitrogen functional groups attached to an aromatic ring is 1. The Labute approximate surface area is 106 Å². The van der Waals surface area contributed by atoms with Gasteiger partial charge in [0.05, 0.1) is 0 Å². The molecular formula is C12H19N5O. The zero-order valence-electron chi connectivity index (χ0n) is 10.4. The van der Waals surface area contributed by atoms with Gasteiger partial charge in [-0.05, 0) is 32.4 Å². The van der Waals surface area contributed by atoms with Gasteiger partial charge in [0.2, 0.25) is 0 Å². The van der Waals surface area contributed by atoms with Crippen molar-refractivity contribution in [3.8, 4) is 0 Å². The highest BCUT2D eigenvalue weighted by Crippen LogP contribution is 2.21. The second-order valence-corrected chi connectivity index (χ2v) is 5.14. The van der Waals surface area contributed by atoms with Crippen molar-refractivity contribution >= 4 is 11.7 Å². The molecule has 0 spiro atoms. The predicted octanol–water partition coefficient (Wildman–Crippen LogP) is 0.302. The van der Waals surface area contributed by atoms with Gasteiger partial charge in [-0.1, -0.05) is 0 Å². The number of anilines is 1. The summed E-state index contributed by atoms with van der Waals surface area (Å²) in [6.07, 6.45) is 3.67. The molecule has 2 aliphatic rings. The summed E-state index contributed by atoms with van der Waals surface area (Å²) in [5.74, 6) is 0.384. The number of carbonyl (C=O) groups excluding carboxylic acids is 1. The maximum absolute atomic E-state index is 12.2. The number of nitrogens with one attached hydrogen (secondary N) is 1. The fourth-order valence-corrected chi connectivity index (χ4v) is 2.95. The molecule has 0 bridgehead atoms. The number of rotatable bonds is 2. The van der Waals surface area contributed by atoms with Crippen LogP contribution in [0.15, 0.2) is 6.07 Å².